The molecule has 12 aromatic rings. The molecule has 11 aromatic carbocycles. The van der Waals surface area contributed by atoms with Crippen LogP contribution in [0.25, 0.3) is 98.4 Å². The highest BCUT2D eigenvalue weighted by Gasteiger charge is 2.22. The number of fused-ring (bicyclic) bond motifs is 9. The third kappa shape index (κ3) is 5.57. The number of hydrogen-bond donors (Lipinski definition) is 0. The molecule has 12 rings (SSSR count). The normalized spacial score (nSPS) is 11.7. The lowest BCUT2D eigenvalue weighted by Gasteiger charge is -2.29. The molecule has 0 aliphatic carbocycles. The molecule has 1 aromatic heterocycles. The van der Waals surface area contributed by atoms with Gasteiger partial charge in [0.25, 0.3) is 0 Å². The highest BCUT2D eigenvalue weighted by Crippen LogP contribution is 2.47. The van der Waals surface area contributed by atoms with Crippen LogP contribution in [-0.2, 0) is 0 Å². The fourth-order valence-electron chi connectivity index (χ4n) is 9.40. The summed E-state index contributed by atoms with van der Waals surface area (Å²) in [6.45, 7) is 0. The second kappa shape index (κ2) is 13.9. The smallest absolute Gasteiger partial charge is 0.137 e. The lowest BCUT2D eigenvalue weighted by molar-refractivity contribution is 0.669. The minimum Gasteiger partial charge on any atom is -0.456 e. The largest absolute Gasteiger partial charge is 0.456 e. The maximum Gasteiger partial charge on any atom is 0.137 e. The topological polar surface area (TPSA) is 16.4 Å². The minimum absolute atomic E-state index is 0.863. The van der Waals surface area contributed by atoms with Crippen LogP contribution in [0.2, 0.25) is 0 Å². The molecular formula is C58H37NO. The molecule has 0 aliphatic rings. The van der Waals surface area contributed by atoms with E-state index in [2.05, 4.69) is 223 Å². The number of para-hydroxylation sites is 2. The molecule has 0 N–H and O–H groups in total. The van der Waals surface area contributed by atoms with Gasteiger partial charge in [-0.15, -0.1) is 0 Å². The molecule has 0 unspecified atom stereocenters. The average Bonchev–Trinajstić information content (AvgIpc) is 3.71. The van der Waals surface area contributed by atoms with Gasteiger partial charge in [-0.05, 0) is 113 Å². The van der Waals surface area contributed by atoms with Crippen LogP contribution in [0.1, 0.15) is 0 Å². The van der Waals surface area contributed by atoms with Gasteiger partial charge in [-0.2, -0.15) is 0 Å². The molecule has 1 heterocycles. The third-order valence-electron chi connectivity index (χ3n) is 12.2. The van der Waals surface area contributed by atoms with Crippen LogP contribution in [0.3, 0.4) is 0 Å². The Morgan fingerprint density at radius 3 is 1.72 bits per heavy atom. The van der Waals surface area contributed by atoms with Crippen LogP contribution in [-0.4, -0.2) is 0 Å². The van der Waals surface area contributed by atoms with Crippen LogP contribution in [0, 0.1) is 0 Å². The van der Waals surface area contributed by atoms with Gasteiger partial charge in [0.15, 0.2) is 0 Å². The number of hydrogen-bond acceptors (Lipinski definition) is 2. The van der Waals surface area contributed by atoms with Gasteiger partial charge in [-0.3, -0.25) is 0 Å². The molecule has 0 saturated heterocycles. The Kier molecular flexibility index (Phi) is 7.89. The van der Waals surface area contributed by atoms with Crippen LogP contribution < -0.4 is 4.90 Å². The Bertz CT molecular complexity index is 3610. The zero-order valence-corrected chi connectivity index (χ0v) is 32.7. The SMILES string of the molecule is c1cc(-c2ccc(-c3cccc4c3ccc3ccccc34)cc2)cc(N(c2ccccc2-c2ccc3c(ccc4ccccc43)c2)c2cccc3oc4ccccc4c23)c1. The van der Waals surface area contributed by atoms with E-state index in [0.29, 0.717) is 0 Å². The van der Waals surface area contributed by atoms with Crippen molar-refractivity contribution in [3.8, 4) is 33.4 Å². The molecule has 0 fully saturated rings. The summed E-state index contributed by atoms with van der Waals surface area (Å²) in [7, 11) is 0. The van der Waals surface area contributed by atoms with Gasteiger partial charge < -0.3 is 9.32 Å². The minimum atomic E-state index is 0.863. The fourth-order valence-corrected chi connectivity index (χ4v) is 9.40. The number of benzene rings is 11. The fraction of sp³-hybridized carbons (Fsp3) is 0. The van der Waals surface area contributed by atoms with Crippen molar-refractivity contribution in [1.82, 2.24) is 0 Å². The Balaban J connectivity index is 1.01. The van der Waals surface area contributed by atoms with E-state index >= 15 is 0 Å². The second-order valence-electron chi connectivity index (χ2n) is 15.6. The summed E-state index contributed by atoms with van der Waals surface area (Å²) in [6.07, 6.45) is 0. The summed E-state index contributed by atoms with van der Waals surface area (Å²) in [6, 6.07) is 81.3. The van der Waals surface area contributed by atoms with Gasteiger partial charge in [0.1, 0.15) is 11.2 Å². The van der Waals surface area contributed by atoms with Gasteiger partial charge >= 0.3 is 0 Å². The van der Waals surface area contributed by atoms with Gasteiger partial charge in [0.2, 0.25) is 0 Å². The molecule has 0 spiro atoms. The summed E-state index contributed by atoms with van der Waals surface area (Å²) < 4.78 is 6.48. The maximum atomic E-state index is 6.48. The van der Waals surface area contributed by atoms with Gasteiger partial charge in [-0.25, -0.2) is 0 Å². The van der Waals surface area contributed by atoms with E-state index in [1.807, 2.05) is 6.07 Å². The Morgan fingerprint density at radius 1 is 0.283 bits per heavy atom. The van der Waals surface area contributed by atoms with Crippen molar-refractivity contribution in [2.45, 2.75) is 0 Å². The lowest BCUT2D eigenvalue weighted by atomic mass is 9.93. The summed E-state index contributed by atoms with van der Waals surface area (Å²) in [5.41, 5.74) is 12.0. The monoisotopic (exact) mass is 763 g/mol. The Labute approximate surface area is 347 Å². The summed E-state index contributed by atoms with van der Waals surface area (Å²) in [5, 5.41) is 12.3. The third-order valence-corrected chi connectivity index (χ3v) is 12.2. The van der Waals surface area contributed by atoms with Crippen molar-refractivity contribution in [1.29, 1.82) is 0 Å². The van der Waals surface area contributed by atoms with E-state index < -0.39 is 0 Å². The molecule has 0 atom stereocenters. The molecule has 0 aliphatic heterocycles. The predicted octanol–water partition coefficient (Wildman–Crippen LogP) is 16.7. The second-order valence-corrected chi connectivity index (χ2v) is 15.6. The first-order chi connectivity index (χ1) is 29.7. The molecule has 0 saturated carbocycles. The van der Waals surface area contributed by atoms with Crippen LogP contribution in [0.15, 0.2) is 229 Å². The summed E-state index contributed by atoms with van der Waals surface area (Å²) in [4.78, 5) is 2.42. The molecule has 60 heavy (non-hydrogen) atoms. The zero-order chi connectivity index (χ0) is 39.6. The zero-order valence-electron chi connectivity index (χ0n) is 32.7. The van der Waals surface area contributed by atoms with Crippen molar-refractivity contribution in [2.24, 2.45) is 0 Å². The van der Waals surface area contributed by atoms with Crippen LogP contribution in [0.5, 0.6) is 0 Å². The number of nitrogens with zero attached hydrogens (tertiary/aromatic N) is 1. The maximum absolute atomic E-state index is 6.48. The van der Waals surface area contributed by atoms with Crippen molar-refractivity contribution in [3.63, 3.8) is 0 Å². The van der Waals surface area contributed by atoms with Gasteiger partial charge in [0, 0.05) is 16.6 Å². The highest BCUT2D eigenvalue weighted by atomic mass is 16.3. The number of rotatable bonds is 6. The number of anilines is 3. The summed E-state index contributed by atoms with van der Waals surface area (Å²) >= 11 is 0. The van der Waals surface area contributed by atoms with E-state index in [-0.39, 0.29) is 0 Å². The van der Waals surface area contributed by atoms with E-state index in [9.17, 15) is 0 Å². The van der Waals surface area contributed by atoms with Crippen molar-refractivity contribution in [2.75, 3.05) is 4.90 Å². The molecule has 280 valence electrons. The van der Waals surface area contributed by atoms with Crippen LogP contribution >= 0.6 is 0 Å². The quantitative estimate of drug-likeness (QED) is 0.157. The predicted molar refractivity (Wildman–Crippen MR) is 255 cm³/mol. The van der Waals surface area contributed by atoms with Gasteiger partial charge in [-0.1, -0.05) is 182 Å². The van der Waals surface area contributed by atoms with E-state index in [0.717, 1.165) is 61.3 Å². The molecular weight excluding hydrogens is 727 g/mol. The first-order valence-corrected chi connectivity index (χ1v) is 20.6. The lowest BCUT2D eigenvalue weighted by Crippen LogP contribution is -2.11. The summed E-state index contributed by atoms with van der Waals surface area (Å²) in [5.74, 6) is 0. The number of furan rings is 1. The van der Waals surface area contributed by atoms with Gasteiger partial charge in [0.05, 0.1) is 16.8 Å². The van der Waals surface area contributed by atoms with E-state index in [1.165, 1.54) is 54.2 Å². The molecule has 0 bridgehead atoms. The Hall–Kier alpha value is -7.94. The first-order valence-electron chi connectivity index (χ1n) is 20.6. The van der Waals surface area contributed by atoms with Crippen LogP contribution in [0.4, 0.5) is 17.1 Å². The molecule has 0 amide bonds. The molecule has 0 radical (unpaired) electrons. The molecule has 2 nitrogen and oxygen atoms in total. The van der Waals surface area contributed by atoms with Crippen molar-refractivity contribution < 1.29 is 4.42 Å². The van der Waals surface area contributed by atoms with E-state index in [1.54, 1.807) is 0 Å². The molecule has 2 heteroatoms. The first kappa shape index (κ1) is 34.1. The standard InChI is InChI=1S/C58H37NO/c1-3-16-46-39(12-1)30-31-43-36-44(33-34-49(43)46)50-18-5-7-22-54(50)59(55-23-11-25-57-58(55)53-19-6-8-24-56(53)60-57)45-15-9-14-42(37-45)38-26-28-41(29-27-38)48-20-10-21-51-47-17-4-2-13-40(47)32-35-52(48)51/h1-37H. The van der Waals surface area contributed by atoms with Crippen molar-refractivity contribution >= 4 is 82.1 Å². The Morgan fingerprint density at radius 2 is 0.850 bits per heavy atom. The van der Waals surface area contributed by atoms with E-state index in [4.69, 9.17) is 4.42 Å². The average molecular weight is 764 g/mol. The highest BCUT2D eigenvalue weighted by molar-refractivity contribution is 6.15. The van der Waals surface area contributed by atoms with Crippen molar-refractivity contribution in [3.05, 3.63) is 224 Å².